The van der Waals surface area contributed by atoms with Gasteiger partial charge in [0.2, 0.25) is 0 Å². The smallest absolute Gasteiger partial charge is 0.185 e. The molecule has 1 saturated heterocycles. The molecule has 0 amide bonds. The van der Waals surface area contributed by atoms with E-state index in [2.05, 4.69) is 49.9 Å². The van der Waals surface area contributed by atoms with E-state index in [1.807, 2.05) is 11.3 Å². The predicted molar refractivity (Wildman–Crippen MR) is 87.9 cm³/mol. The first-order chi connectivity index (χ1) is 9.41. The standard InChI is InChI=1S/C15H28N4S/c1-6-16-11-12-13(15(2,3)4)17-14(20-12)19-9-7-18(5)8-10-19/h16H,6-11H2,1-5H3. The summed E-state index contributed by atoms with van der Waals surface area (Å²) in [5.41, 5.74) is 1.38. The van der Waals surface area contributed by atoms with E-state index in [0.29, 0.717) is 0 Å². The van der Waals surface area contributed by atoms with Gasteiger partial charge in [-0.15, -0.1) is 11.3 Å². The molecule has 114 valence electrons. The maximum atomic E-state index is 4.97. The Kier molecular flexibility index (Phi) is 5.04. The summed E-state index contributed by atoms with van der Waals surface area (Å²) in [7, 11) is 2.19. The molecule has 20 heavy (non-hydrogen) atoms. The SMILES string of the molecule is CCNCc1sc(N2CCN(C)CC2)nc1C(C)(C)C. The summed E-state index contributed by atoms with van der Waals surface area (Å²) in [6, 6.07) is 0. The van der Waals surface area contributed by atoms with E-state index < -0.39 is 0 Å². The summed E-state index contributed by atoms with van der Waals surface area (Å²) in [5.74, 6) is 0. The van der Waals surface area contributed by atoms with Crippen molar-refractivity contribution in [1.29, 1.82) is 0 Å². The van der Waals surface area contributed by atoms with Crippen molar-refractivity contribution < 1.29 is 0 Å². The molecule has 1 N–H and O–H groups in total. The number of nitrogens with one attached hydrogen (secondary N) is 1. The van der Waals surface area contributed by atoms with Crippen LogP contribution in [0.3, 0.4) is 0 Å². The van der Waals surface area contributed by atoms with E-state index in [0.717, 1.165) is 39.3 Å². The lowest BCUT2D eigenvalue weighted by Gasteiger charge is -2.32. The third kappa shape index (κ3) is 3.71. The van der Waals surface area contributed by atoms with Gasteiger partial charge in [0.05, 0.1) is 5.69 Å². The molecule has 0 spiro atoms. The molecule has 0 aliphatic carbocycles. The van der Waals surface area contributed by atoms with Crippen molar-refractivity contribution in [2.75, 3.05) is 44.7 Å². The number of piperazine rings is 1. The van der Waals surface area contributed by atoms with Crippen molar-refractivity contribution in [3.05, 3.63) is 10.6 Å². The first kappa shape index (κ1) is 15.7. The van der Waals surface area contributed by atoms with Gasteiger partial charge in [0, 0.05) is 43.0 Å². The summed E-state index contributed by atoms with van der Waals surface area (Å²) < 4.78 is 0. The number of anilines is 1. The summed E-state index contributed by atoms with van der Waals surface area (Å²) >= 11 is 1.87. The molecule has 1 aromatic heterocycles. The Balaban J connectivity index is 2.19. The lowest BCUT2D eigenvalue weighted by molar-refractivity contribution is 0.312. The fourth-order valence-electron chi connectivity index (χ4n) is 2.42. The van der Waals surface area contributed by atoms with Gasteiger partial charge in [-0.05, 0) is 13.6 Å². The summed E-state index contributed by atoms with van der Waals surface area (Å²) in [4.78, 5) is 11.2. The van der Waals surface area contributed by atoms with E-state index in [-0.39, 0.29) is 5.41 Å². The minimum atomic E-state index is 0.117. The number of aromatic nitrogens is 1. The van der Waals surface area contributed by atoms with E-state index in [1.165, 1.54) is 15.7 Å². The highest BCUT2D eigenvalue weighted by atomic mass is 32.1. The summed E-state index contributed by atoms with van der Waals surface area (Å²) in [5, 5.41) is 4.65. The molecule has 4 nitrogen and oxygen atoms in total. The maximum Gasteiger partial charge on any atom is 0.185 e. The lowest BCUT2D eigenvalue weighted by Crippen LogP contribution is -2.44. The first-order valence-corrected chi connectivity index (χ1v) is 8.38. The molecule has 0 saturated carbocycles. The Labute approximate surface area is 127 Å². The van der Waals surface area contributed by atoms with Gasteiger partial charge in [-0.3, -0.25) is 0 Å². The highest BCUT2D eigenvalue weighted by Crippen LogP contribution is 2.34. The van der Waals surface area contributed by atoms with Gasteiger partial charge in [0.25, 0.3) is 0 Å². The zero-order valence-electron chi connectivity index (χ0n) is 13.5. The number of hydrogen-bond donors (Lipinski definition) is 1. The van der Waals surface area contributed by atoms with Crippen molar-refractivity contribution in [3.63, 3.8) is 0 Å². The zero-order valence-corrected chi connectivity index (χ0v) is 14.3. The minimum Gasteiger partial charge on any atom is -0.346 e. The highest BCUT2D eigenvalue weighted by Gasteiger charge is 2.25. The Morgan fingerprint density at radius 2 is 1.85 bits per heavy atom. The molecule has 1 aliphatic heterocycles. The molecule has 0 bridgehead atoms. The van der Waals surface area contributed by atoms with E-state index in [9.17, 15) is 0 Å². The Morgan fingerprint density at radius 3 is 2.40 bits per heavy atom. The minimum absolute atomic E-state index is 0.117. The average molecular weight is 296 g/mol. The lowest BCUT2D eigenvalue weighted by atomic mass is 9.91. The Hall–Kier alpha value is -0.650. The fraction of sp³-hybridized carbons (Fsp3) is 0.800. The highest BCUT2D eigenvalue weighted by molar-refractivity contribution is 7.15. The van der Waals surface area contributed by atoms with Crippen LogP contribution in [-0.4, -0.2) is 49.7 Å². The van der Waals surface area contributed by atoms with Crippen molar-refractivity contribution in [2.45, 2.75) is 39.7 Å². The molecule has 1 aromatic rings. The molecular formula is C15H28N4S. The monoisotopic (exact) mass is 296 g/mol. The topological polar surface area (TPSA) is 31.4 Å². The van der Waals surface area contributed by atoms with Gasteiger partial charge in [-0.25, -0.2) is 4.98 Å². The molecule has 0 atom stereocenters. The van der Waals surface area contributed by atoms with Crippen LogP contribution in [0.25, 0.3) is 0 Å². The van der Waals surface area contributed by atoms with Gasteiger partial charge in [-0.2, -0.15) is 0 Å². The summed E-state index contributed by atoms with van der Waals surface area (Å²) in [6.45, 7) is 15.3. The number of likely N-dealkylation sites (N-methyl/N-ethyl adjacent to an activating group) is 1. The maximum absolute atomic E-state index is 4.97. The van der Waals surface area contributed by atoms with Crippen LogP contribution in [-0.2, 0) is 12.0 Å². The van der Waals surface area contributed by atoms with Crippen LogP contribution < -0.4 is 10.2 Å². The molecule has 2 rings (SSSR count). The van der Waals surface area contributed by atoms with Crippen molar-refractivity contribution in [2.24, 2.45) is 0 Å². The number of nitrogens with zero attached hydrogens (tertiary/aromatic N) is 3. The predicted octanol–water partition coefficient (Wildman–Crippen LogP) is 2.30. The molecule has 5 heteroatoms. The summed E-state index contributed by atoms with van der Waals surface area (Å²) in [6.07, 6.45) is 0. The van der Waals surface area contributed by atoms with Gasteiger partial charge in [0.1, 0.15) is 0 Å². The molecule has 1 aliphatic rings. The molecule has 0 unspecified atom stereocenters. The van der Waals surface area contributed by atoms with E-state index >= 15 is 0 Å². The molecule has 2 heterocycles. The number of thiazole rings is 1. The molecule has 1 fully saturated rings. The fourth-order valence-corrected chi connectivity index (χ4v) is 3.71. The number of rotatable bonds is 4. The van der Waals surface area contributed by atoms with Gasteiger partial charge in [-0.1, -0.05) is 27.7 Å². The zero-order chi connectivity index (χ0) is 14.8. The van der Waals surface area contributed by atoms with Crippen LogP contribution in [0.15, 0.2) is 0 Å². The Bertz CT molecular complexity index is 428. The first-order valence-electron chi connectivity index (χ1n) is 7.56. The second-order valence-electron chi connectivity index (χ2n) is 6.59. The van der Waals surface area contributed by atoms with Crippen molar-refractivity contribution >= 4 is 16.5 Å². The molecule has 0 radical (unpaired) electrons. The largest absolute Gasteiger partial charge is 0.346 e. The second kappa shape index (κ2) is 6.41. The van der Waals surface area contributed by atoms with Gasteiger partial charge >= 0.3 is 0 Å². The average Bonchev–Trinajstić information content (AvgIpc) is 2.81. The van der Waals surface area contributed by atoms with Crippen molar-refractivity contribution in [1.82, 2.24) is 15.2 Å². The molecule has 0 aromatic carbocycles. The van der Waals surface area contributed by atoms with Crippen LogP contribution >= 0.6 is 11.3 Å². The normalized spacial score (nSPS) is 17.8. The Morgan fingerprint density at radius 1 is 1.20 bits per heavy atom. The third-order valence-electron chi connectivity index (χ3n) is 3.71. The number of hydrogen-bond acceptors (Lipinski definition) is 5. The van der Waals surface area contributed by atoms with Crippen LogP contribution in [0.4, 0.5) is 5.13 Å². The van der Waals surface area contributed by atoms with Crippen LogP contribution in [0, 0.1) is 0 Å². The quantitative estimate of drug-likeness (QED) is 0.924. The van der Waals surface area contributed by atoms with Crippen LogP contribution in [0.5, 0.6) is 0 Å². The third-order valence-corrected chi connectivity index (χ3v) is 4.82. The van der Waals surface area contributed by atoms with Gasteiger partial charge < -0.3 is 15.1 Å². The molecular weight excluding hydrogens is 268 g/mol. The van der Waals surface area contributed by atoms with Crippen molar-refractivity contribution in [3.8, 4) is 0 Å². The second-order valence-corrected chi connectivity index (χ2v) is 7.65. The van der Waals surface area contributed by atoms with Crippen LogP contribution in [0.1, 0.15) is 38.3 Å². The van der Waals surface area contributed by atoms with E-state index in [4.69, 9.17) is 4.98 Å². The van der Waals surface area contributed by atoms with E-state index in [1.54, 1.807) is 0 Å². The van der Waals surface area contributed by atoms with Crippen LogP contribution in [0.2, 0.25) is 0 Å². The van der Waals surface area contributed by atoms with Gasteiger partial charge in [0.15, 0.2) is 5.13 Å².